The first-order valence-electron chi connectivity index (χ1n) is 8.26. The van der Waals surface area contributed by atoms with Crippen LogP contribution >= 0.6 is 0 Å². The third-order valence-electron chi connectivity index (χ3n) is 4.62. The van der Waals surface area contributed by atoms with Gasteiger partial charge in [-0.25, -0.2) is 0 Å². The molecule has 0 saturated carbocycles. The van der Waals surface area contributed by atoms with Crippen molar-refractivity contribution in [3.8, 4) is 0 Å². The summed E-state index contributed by atoms with van der Waals surface area (Å²) in [5.74, 6) is 0.116. The second-order valence-corrected chi connectivity index (χ2v) is 6.33. The average molecular weight is 337 g/mol. The first-order chi connectivity index (χ1) is 12.2. The van der Waals surface area contributed by atoms with Gasteiger partial charge in [-0.1, -0.05) is 0 Å². The molecule has 1 aliphatic heterocycles. The maximum atomic E-state index is 12.6. The van der Waals surface area contributed by atoms with Gasteiger partial charge in [-0.3, -0.25) is 19.4 Å². The van der Waals surface area contributed by atoms with Gasteiger partial charge in [-0.15, -0.1) is 0 Å². The first-order valence-corrected chi connectivity index (χ1v) is 8.26. The summed E-state index contributed by atoms with van der Waals surface area (Å²) in [6.07, 6.45) is 7.70. The monoisotopic (exact) mass is 337 g/mol. The molecule has 128 valence electrons. The van der Waals surface area contributed by atoms with E-state index < -0.39 is 0 Å². The van der Waals surface area contributed by atoms with Crippen LogP contribution in [-0.4, -0.2) is 44.9 Å². The van der Waals surface area contributed by atoms with Crippen LogP contribution < -0.4 is 5.32 Å². The number of hydrogen-bond donors (Lipinski definition) is 1. The zero-order valence-electron chi connectivity index (χ0n) is 13.9. The fourth-order valence-electron chi connectivity index (χ4n) is 3.18. The number of hydrogen-bond acceptors (Lipinski definition) is 5. The molecule has 3 aromatic heterocycles. The minimum absolute atomic E-state index is 0.0112. The van der Waals surface area contributed by atoms with Crippen molar-refractivity contribution in [3.63, 3.8) is 0 Å². The highest BCUT2D eigenvalue weighted by molar-refractivity contribution is 5.96. The number of nitrogens with one attached hydrogen (secondary N) is 1. The van der Waals surface area contributed by atoms with Crippen molar-refractivity contribution >= 4 is 16.9 Å². The standard InChI is InChI=1S/C18H19N5O2/c1-23-17-7-13(8-20-15(17)9-21-23)18(24)22-16-11-25-10-14(16)6-12-2-4-19-5-3-12/h2-5,7-9,14,16H,6,10-11H2,1H3,(H,22,24)/t14-,16-/m1/s1. The van der Waals surface area contributed by atoms with E-state index in [4.69, 9.17) is 4.74 Å². The van der Waals surface area contributed by atoms with Gasteiger partial charge in [-0.05, 0) is 30.2 Å². The summed E-state index contributed by atoms with van der Waals surface area (Å²) in [7, 11) is 1.83. The lowest BCUT2D eigenvalue weighted by Gasteiger charge is -2.19. The second kappa shape index (κ2) is 6.60. The molecule has 2 atom stereocenters. The van der Waals surface area contributed by atoms with Crippen LogP contribution in [0.25, 0.3) is 11.0 Å². The molecule has 25 heavy (non-hydrogen) atoms. The fraction of sp³-hybridized carbons (Fsp3) is 0.333. The van der Waals surface area contributed by atoms with Gasteiger partial charge in [0, 0.05) is 31.6 Å². The number of amides is 1. The Morgan fingerprint density at radius 3 is 3.00 bits per heavy atom. The Morgan fingerprint density at radius 1 is 1.32 bits per heavy atom. The van der Waals surface area contributed by atoms with E-state index in [-0.39, 0.29) is 17.9 Å². The van der Waals surface area contributed by atoms with Crippen molar-refractivity contribution in [3.05, 3.63) is 54.1 Å². The van der Waals surface area contributed by atoms with Crippen LogP contribution in [0.1, 0.15) is 15.9 Å². The maximum Gasteiger partial charge on any atom is 0.253 e. The molecule has 4 rings (SSSR count). The van der Waals surface area contributed by atoms with E-state index >= 15 is 0 Å². The largest absolute Gasteiger partial charge is 0.379 e. The molecule has 1 fully saturated rings. The smallest absolute Gasteiger partial charge is 0.253 e. The zero-order valence-corrected chi connectivity index (χ0v) is 13.9. The van der Waals surface area contributed by atoms with Gasteiger partial charge >= 0.3 is 0 Å². The Morgan fingerprint density at radius 2 is 2.16 bits per heavy atom. The van der Waals surface area contributed by atoms with Crippen LogP contribution in [0, 0.1) is 5.92 Å². The second-order valence-electron chi connectivity index (χ2n) is 6.33. The van der Waals surface area contributed by atoms with Gasteiger partial charge < -0.3 is 10.1 Å². The van der Waals surface area contributed by atoms with Crippen LogP contribution in [-0.2, 0) is 18.2 Å². The average Bonchev–Trinajstić information content (AvgIpc) is 3.22. The molecule has 0 unspecified atom stereocenters. The van der Waals surface area contributed by atoms with Gasteiger partial charge in [0.1, 0.15) is 5.52 Å². The SMILES string of the molecule is Cn1ncc2ncc(C(=O)N[C@@H]3COC[C@H]3Cc3ccncc3)cc21. The molecular formula is C18H19N5O2. The Hall–Kier alpha value is -2.80. The number of ether oxygens (including phenoxy) is 1. The molecule has 1 saturated heterocycles. The molecule has 0 aliphatic carbocycles. The summed E-state index contributed by atoms with van der Waals surface area (Å²) in [5.41, 5.74) is 3.34. The Balaban J connectivity index is 1.47. The molecule has 4 heterocycles. The van der Waals surface area contributed by atoms with Crippen molar-refractivity contribution in [1.29, 1.82) is 0 Å². The third-order valence-corrected chi connectivity index (χ3v) is 4.62. The van der Waals surface area contributed by atoms with Gasteiger partial charge in [-0.2, -0.15) is 5.10 Å². The minimum Gasteiger partial charge on any atom is -0.379 e. The highest BCUT2D eigenvalue weighted by atomic mass is 16.5. The van der Waals surface area contributed by atoms with Crippen LogP contribution in [0.2, 0.25) is 0 Å². The number of carbonyl (C=O) groups is 1. The third kappa shape index (κ3) is 3.23. The zero-order chi connectivity index (χ0) is 17.2. The molecule has 1 aliphatic rings. The molecule has 1 N–H and O–H groups in total. The van der Waals surface area contributed by atoms with Gasteiger partial charge in [0.15, 0.2) is 0 Å². The Bertz CT molecular complexity index is 893. The summed E-state index contributed by atoms with van der Waals surface area (Å²) in [4.78, 5) is 21.0. The van der Waals surface area contributed by atoms with Crippen molar-refractivity contribution in [1.82, 2.24) is 25.1 Å². The lowest BCUT2D eigenvalue weighted by Crippen LogP contribution is -2.40. The topological polar surface area (TPSA) is 81.9 Å². The van der Waals surface area contributed by atoms with Crippen LogP contribution in [0.5, 0.6) is 0 Å². The first kappa shape index (κ1) is 15.7. The highest BCUT2D eigenvalue weighted by Crippen LogP contribution is 2.20. The van der Waals surface area contributed by atoms with E-state index in [1.54, 1.807) is 29.5 Å². The summed E-state index contributed by atoms with van der Waals surface area (Å²) in [6.45, 7) is 1.18. The number of carbonyl (C=O) groups excluding carboxylic acids is 1. The quantitative estimate of drug-likeness (QED) is 0.777. The normalized spacial score (nSPS) is 20.0. The Kier molecular flexibility index (Phi) is 4.15. The number of rotatable bonds is 4. The predicted molar refractivity (Wildman–Crippen MR) is 92.0 cm³/mol. The predicted octanol–water partition coefficient (Wildman–Crippen LogP) is 1.35. The van der Waals surface area contributed by atoms with E-state index in [1.165, 1.54) is 5.56 Å². The number of fused-ring (bicyclic) bond motifs is 1. The van der Waals surface area contributed by atoms with Crippen molar-refractivity contribution in [2.24, 2.45) is 13.0 Å². The molecule has 0 aromatic carbocycles. The van der Waals surface area contributed by atoms with Gasteiger partial charge in [0.05, 0.1) is 36.5 Å². The number of aryl methyl sites for hydroxylation is 1. The van der Waals surface area contributed by atoms with E-state index in [0.717, 1.165) is 17.5 Å². The highest BCUT2D eigenvalue weighted by Gasteiger charge is 2.30. The van der Waals surface area contributed by atoms with Crippen LogP contribution in [0.3, 0.4) is 0 Å². The van der Waals surface area contributed by atoms with E-state index in [2.05, 4.69) is 20.4 Å². The molecule has 7 nitrogen and oxygen atoms in total. The Labute approximate surface area is 145 Å². The van der Waals surface area contributed by atoms with E-state index in [0.29, 0.717) is 18.8 Å². The molecule has 3 aromatic rings. The summed E-state index contributed by atoms with van der Waals surface area (Å²) in [6, 6.07) is 5.80. The molecule has 0 spiro atoms. The van der Waals surface area contributed by atoms with E-state index in [1.807, 2.05) is 25.2 Å². The summed E-state index contributed by atoms with van der Waals surface area (Å²) >= 11 is 0. The van der Waals surface area contributed by atoms with Crippen molar-refractivity contribution in [2.75, 3.05) is 13.2 Å². The van der Waals surface area contributed by atoms with Crippen molar-refractivity contribution < 1.29 is 9.53 Å². The van der Waals surface area contributed by atoms with Crippen LogP contribution in [0.15, 0.2) is 43.0 Å². The summed E-state index contributed by atoms with van der Waals surface area (Å²) < 4.78 is 7.31. The lowest BCUT2D eigenvalue weighted by molar-refractivity contribution is 0.0925. The number of nitrogens with zero attached hydrogens (tertiary/aromatic N) is 4. The number of aromatic nitrogens is 4. The number of pyridine rings is 2. The van der Waals surface area contributed by atoms with Gasteiger partial charge in [0.25, 0.3) is 5.91 Å². The van der Waals surface area contributed by atoms with Crippen molar-refractivity contribution in [2.45, 2.75) is 12.5 Å². The molecule has 0 bridgehead atoms. The van der Waals surface area contributed by atoms with Gasteiger partial charge in [0.2, 0.25) is 0 Å². The summed E-state index contributed by atoms with van der Waals surface area (Å²) in [5, 5.41) is 7.25. The molecule has 0 radical (unpaired) electrons. The molecular weight excluding hydrogens is 318 g/mol. The minimum atomic E-state index is -0.133. The van der Waals surface area contributed by atoms with Crippen LogP contribution in [0.4, 0.5) is 0 Å². The fourth-order valence-corrected chi connectivity index (χ4v) is 3.18. The lowest BCUT2D eigenvalue weighted by atomic mass is 9.95. The maximum absolute atomic E-state index is 12.6. The molecule has 1 amide bonds. The molecule has 7 heteroatoms. The van der Waals surface area contributed by atoms with E-state index in [9.17, 15) is 4.79 Å².